The second-order valence-corrected chi connectivity index (χ2v) is 6.96. The standard InChI is InChI=1S/C18H25N7O2/c1-23-16(11-15(22-23)14-3-2-10-27-13-14)21-18(26)25-8-6-24(7-9-25)17-12-19-4-5-20-17/h4-5,11-12,14H,2-3,6-10,13H2,1H3,(H,21,26). The summed E-state index contributed by atoms with van der Waals surface area (Å²) in [4.78, 5) is 25.0. The van der Waals surface area contributed by atoms with Gasteiger partial charge in [-0.05, 0) is 12.8 Å². The van der Waals surface area contributed by atoms with Gasteiger partial charge in [-0.15, -0.1) is 0 Å². The van der Waals surface area contributed by atoms with E-state index in [1.165, 1.54) is 0 Å². The number of aromatic nitrogens is 4. The van der Waals surface area contributed by atoms with E-state index < -0.39 is 0 Å². The second-order valence-electron chi connectivity index (χ2n) is 6.96. The van der Waals surface area contributed by atoms with Gasteiger partial charge in [-0.3, -0.25) is 15.0 Å². The minimum atomic E-state index is -0.0942. The third-order valence-corrected chi connectivity index (χ3v) is 5.15. The van der Waals surface area contributed by atoms with Crippen LogP contribution in [0.15, 0.2) is 24.7 Å². The maximum atomic E-state index is 12.7. The van der Waals surface area contributed by atoms with Crippen LogP contribution in [0.5, 0.6) is 0 Å². The Hall–Kier alpha value is -2.68. The first-order chi connectivity index (χ1) is 13.2. The van der Waals surface area contributed by atoms with Gasteiger partial charge in [-0.2, -0.15) is 5.10 Å². The smallest absolute Gasteiger partial charge is 0.323 e. The molecule has 4 rings (SSSR count). The number of anilines is 2. The molecule has 9 heteroatoms. The highest BCUT2D eigenvalue weighted by atomic mass is 16.5. The van der Waals surface area contributed by atoms with Crippen molar-refractivity contribution in [1.29, 1.82) is 0 Å². The zero-order valence-corrected chi connectivity index (χ0v) is 15.5. The lowest BCUT2D eigenvalue weighted by Crippen LogP contribution is -2.50. The molecule has 0 saturated carbocycles. The fourth-order valence-corrected chi connectivity index (χ4v) is 3.56. The van der Waals surface area contributed by atoms with Crippen LogP contribution in [0.2, 0.25) is 0 Å². The molecule has 2 aliphatic heterocycles. The molecule has 27 heavy (non-hydrogen) atoms. The molecule has 2 aromatic rings. The number of nitrogens with one attached hydrogen (secondary N) is 1. The first-order valence-corrected chi connectivity index (χ1v) is 9.39. The van der Waals surface area contributed by atoms with Crippen molar-refractivity contribution in [2.45, 2.75) is 18.8 Å². The quantitative estimate of drug-likeness (QED) is 0.879. The molecule has 0 aromatic carbocycles. The number of amides is 2. The largest absolute Gasteiger partial charge is 0.381 e. The number of nitrogens with zero attached hydrogens (tertiary/aromatic N) is 6. The molecule has 1 atom stereocenters. The Morgan fingerprint density at radius 2 is 2.11 bits per heavy atom. The normalized spacial score (nSPS) is 20.6. The number of urea groups is 1. The maximum Gasteiger partial charge on any atom is 0.323 e. The molecule has 1 N–H and O–H groups in total. The van der Waals surface area contributed by atoms with Crippen LogP contribution in [0.3, 0.4) is 0 Å². The van der Waals surface area contributed by atoms with E-state index in [9.17, 15) is 4.79 Å². The van der Waals surface area contributed by atoms with Gasteiger partial charge in [0.2, 0.25) is 0 Å². The van der Waals surface area contributed by atoms with Crippen LogP contribution < -0.4 is 10.2 Å². The number of ether oxygens (including phenoxy) is 1. The van der Waals surface area contributed by atoms with E-state index >= 15 is 0 Å². The van der Waals surface area contributed by atoms with E-state index in [1.54, 1.807) is 23.3 Å². The monoisotopic (exact) mass is 371 g/mol. The Labute approximate surface area is 158 Å². The van der Waals surface area contributed by atoms with E-state index in [0.29, 0.717) is 25.6 Å². The molecule has 1 unspecified atom stereocenters. The predicted octanol–water partition coefficient (Wildman–Crippen LogP) is 1.46. The molecule has 9 nitrogen and oxygen atoms in total. The van der Waals surface area contributed by atoms with Crippen LogP contribution in [0.1, 0.15) is 24.5 Å². The van der Waals surface area contributed by atoms with E-state index in [1.807, 2.05) is 18.0 Å². The summed E-state index contributed by atoms with van der Waals surface area (Å²) in [6.45, 7) is 4.29. The first-order valence-electron chi connectivity index (χ1n) is 9.39. The molecular formula is C18H25N7O2. The van der Waals surface area contributed by atoms with Crippen molar-refractivity contribution in [1.82, 2.24) is 24.6 Å². The van der Waals surface area contributed by atoms with Gasteiger partial charge in [0, 0.05) is 64.2 Å². The van der Waals surface area contributed by atoms with Crippen molar-refractivity contribution in [2.75, 3.05) is 49.6 Å². The Balaban J connectivity index is 1.34. The zero-order chi connectivity index (χ0) is 18.6. The van der Waals surface area contributed by atoms with Gasteiger partial charge in [0.05, 0.1) is 18.5 Å². The highest BCUT2D eigenvalue weighted by Gasteiger charge is 2.24. The highest BCUT2D eigenvalue weighted by Crippen LogP contribution is 2.26. The number of hydrogen-bond donors (Lipinski definition) is 1. The lowest BCUT2D eigenvalue weighted by Gasteiger charge is -2.35. The summed E-state index contributed by atoms with van der Waals surface area (Å²) in [5.41, 5.74) is 0.986. The summed E-state index contributed by atoms with van der Waals surface area (Å²) < 4.78 is 7.28. The molecule has 4 heterocycles. The van der Waals surface area contributed by atoms with Gasteiger partial charge in [0.15, 0.2) is 0 Å². The van der Waals surface area contributed by atoms with Gasteiger partial charge in [0.1, 0.15) is 11.6 Å². The predicted molar refractivity (Wildman–Crippen MR) is 101 cm³/mol. The molecule has 2 aromatic heterocycles. The SMILES string of the molecule is Cn1nc(C2CCCOC2)cc1NC(=O)N1CCN(c2cnccn2)CC1. The summed E-state index contributed by atoms with van der Waals surface area (Å²) in [6, 6.07) is 1.87. The molecule has 0 aliphatic carbocycles. The molecule has 0 spiro atoms. The third-order valence-electron chi connectivity index (χ3n) is 5.15. The second kappa shape index (κ2) is 7.91. The molecular weight excluding hydrogens is 346 g/mol. The van der Waals surface area contributed by atoms with E-state index in [0.717, 1.165) is 49.9 Å². The summed E-state index contributed by atoms with van der Waals surface area (Å²) >= 11 is 0. The van der Waals surface area contributed by atoms with Crippen LogP contribution in [0.25, 0.3) is 0 Å². The molecule has 144 valence electrons. The average Bonchev–Trinajstić information content (AvgIpc) is 3.10. The number of hydrogen-bond acceptors (Lipinski definition) is 6. The van der Waals surface area contributed by atoms with Crippen molar-refractivity contribution in [3.05, 3.63) is 30.4 Å². The summed E-state index contributed by atoms with van der Waals surface area (Å²) in [6.07, 6.45) is 7.23. The van der Waals surface area contributed by atoms with Crippen molar-refractivity contribution in [3.63, 3.8) is 0 Å². The zero-order valence-electron chi connectivity index (χ0n) is 15.5. The Morgan fingerprint density at radius 3 is 2.81 bits per heavy atom. The number of carbonyl (C=O) groups excluding carboxylic acids is 1. The fourth-order valence-electron chi connectivity index (χ4n) is 3.56. The summed E-state index contributed by atoms with van der Waals surface area (Å²) in [5, 5.41) is 7.56. The Kier molecular flexibility index (Phi) is 5.19. The number of carbonyl (C=O) groups is 1. The molecule has 0 radical (unpaired) electrons. The summed E-state index contributed by atoms with van der Waals surface area (Å²) in [5.74, 6) is 1.88. The average molecular weight is 371 g/mol. The van der Waals surface area contributed by atoms with E-state index in [4.69, 9.17) is 4.74 Å². The van der Waals surface area contributed by atoms with Crippen LogP contribution >= 0.6 is 0 Å². The summed E-state index contributed by atoms with van der Waals surface area (Å²) in [7, 11) is 1.86. The topological polar surface area (TPSA) is 88.4 Å². The minimum Gasteiger partial charge on any atom is -0.381 e. The molecule has 0 bridgehead atoms. The van der Waals surface area contributed by atoms with Crippen LogP contribution in [0, 0.1) is 0 Å². The van der Waals surface area contributed by atoms with E-state index in [2.05, 4.69) is 25.3 Å². The van der Waals surface area contributed by atoms with Crippen LogP contribution in [0.4, 0.5) is 16.4 Å². The Bertz CT molecular complexity index is 765. The van der Waals surface area contributed by atoms with Crippen LogP contribution in [-0.2, 0) is 11.8 Å². The van der Waals surface area contributed by atoms with Crippen molar-refractivity contribution in [3.8, 4) is 0 Å². The number of rotatable bonds is 3. The molecule has 2 saturated heterocycles. The molecule has 2 aliphatic rings. The van der Waals surface area contributed by atoms with Gasteiger partial charge in [-0.25, -0.2) is 9.78 Å². The lowest BCUT2D eigenvalue weighted by atomic mass is 9.99. The van der Waals surface area contributed by atoms with Gasteiger partial charge in [0.25, 0.3) is 0 Å². The Morgan fingerprint density at radius 1 is 1.26 bits per heavy atom. The number of aryl methyl sites for hydroxylation is 1. The highest BCUT2D eigenvalue weighted by molar-refractivity contribution is 5.88. The first kappa shape index (κ1) is 17.7. The minimum absolute atomic E-state index is 0.0942. The van der Waals surface area contributed by atoms with Crippen molar-refractivity contribution < 1.29 is 9.53 Å². The van der Waals surface area contributed by atoms with E-state index in [-0.39, 0.29) is 6.03 Å². The lowest BCUT2D eigenvalue weighted by molar-refractivity contribution is 0.0791. The van der Waals surface area contributed by atoms with Gasteiger partial charge in [-0.1, -0.05) is 0 Å². The van der Waals surface area contributed by atoms with Crippen molar-refractivity contribution >= 4 is 17.7 Å². The third kappa shape index (κ3) is 4.02. The van der Waals surface area contributed by atoms with Gasteiger partial charge >= 0.3 is 6.03 Å². The molecule has 2 amide bonds. The van der Waals surface area contributed by atoms with Crippen molar-refractivity contribution in [2.24, 2.45) is 7.05 Å². The fraction of sp³-hybridized carbons (Fsp3) is 0.556. The maximum absolute atomic E-state index is 12.7. The van der Waals surface area contributed by atoms with Crippen LogP contribution in [-0.4, -0.2) is 70.1 Å². The number of piperazine rings is 1. The van der Waals surface area contributed by atoms with Gasteiger partial charge < -0.3 is 14.5 Å². The molecule has 2 fully saturated rings.